The maximum atomic E-state index is 11.2. The van der Waals surface area contributed by atoms with Gasteiger partial charge in [-0.1, -0.05) is 38.0 Å². The average molecular weight is 360 g/mol. The van der Waals surface area contributed by atoms with Crippen molar-refractivity contribution in [2.75, 3.05) is 26.2 Å². The van der Waals surface area contributed by atoms with Gasteiger partial charge in [0.1, 0.15) is 5.75 Å². The van der Waals surface area contributed by atoms with E-state index in [9.17, 15) is 4.79 Å². The van der Waals surface area contributed by atoms with Crippen LogP contribution in [0.15, 0.2) is 24.3 Å². The molecule has 1 aromatic rings. The highest BCUT2D eigenvalue weighted by molar-refractivity contribution is 5.76. The van der Waals surface area contributed by atoms with Gasteiger partial charge in [0, 0.05) is 24.2 Å². The van der Waals surface area contributed by atoms with Gasteiger partial charge in [0.25, 0.3) is 0 Å². The Hall–Kier alpha value is -1.75. The minimum Gasteiger partial charge on any atom is -0.493 e. The molecule has 0 aliphatic carbocycles. The zero-order valence-corrected chi connectivity index (χ0v) is 16.0. The van der Waals surface area contributed by atoms with Crippen LogP contribution in [-0.2, 0) is 0 Å². The van der Waals surface area contributed by atoms with E-state index >= 15 is 0 Å². The van der Waals surface area contributed by atoms with Crippen LogP contribution in [-0.4, -0.2) is 43.2 Å². The average Bonchev–Trinajstić information content (AvgIpc) is 3.09. The number of carbonyl (C=O) groups is 1. The summed E-state index contributed by atoms with van der Waals surface area (Å²) in [5.41, 5.74) is 1.35. The number of nitrogens with zero attached hydrogens (tertiary/aromatic N) is 1. The summed E-state index contributed by atoms with van der Waals surface area (Å²) in [6.45, 7) is 6.01. The summed E-state index contributed by atoms with van der Waals surface area (Å²) < 4.78 is 6.02. The van der Waals surface area contributed by atoms with Crippen molar-refractivity contribution < 1.29 is 9.53 Å². The molecule has 2 heterocycles. The number of rotatable bonds is 9. The van der Waals surface area contributed by atoms with Crippen LogP contribution in [0.4, 0.5) is 4.79 Å². The monoisotopic (exact) mass is 359 g/mol. The third-order valence-corrected chi connectivity index (χ3v) is 5.45. The van der Waals surface area contributed by atoms with Gasteiger partial charge in [-0.15, -0.1) is 0 Å². The van der Waals surface area contributed by atoms with E-state index in [0.29, 0.717) is 12.1 Å². The van der Waals surface area contributed by atoms with Gasteiger partial charge in [-0.2, -0.15) is 0 Å². The van der Waals surface area contributed by atoms with Crippen molar-refractivity contribution in [1.82, 2.24) is 15.5 Å². The van der Waals surface area contributed by atoms with Crippen molar-refractivity contribution in [2.24, 2.45) is 0 Å². The first-order chi connectivity index (χ1) is 12.8. The molecule has 1 aromatic carbocycles. The van der Waals surface area contributed by atoms with E-state index in [1.807, 2.05) is 0 Å². The molecule has 2 aliphatic rings. The number of nitrogens with one attached hydrogen (secondary N) is 2. The minimum absolute atomic E-state index is 0.0187. The summed E-state index contributed by atoms with van der Waals surface area (Å²) in [7, 11) is 0. The van der Waals surface area contributed by atoms with Gasteiger partial charge in [-0.05, 0) is 51.3 Å². The van der Waals surface area contributed by atoms with Gasteiger partial charge >= 0.3 is 6.03 Å². The Morgan fingerprint density at radius 3 is 2.92 bits per heavy atom. The summed E-state index contributed by atoms with van der Waals surface area (Å²) in [6, 6.07) is 9.34. The highest BCUT2D eigenvalue weighted by atomic mass is 16.5. The maximum Gasteiger partial charge on any atom is 0.315 e. The molecule has 2 N–H and O–H groups in total. The lowest BCUT2D eigenvalue weighted by atomic mass is 9.94. The number of urea groups is 1. The molecule has 0 spiro atoms. The van der Waals surface area contributed by atoms with E-state index in [1.165, 1.54) is 37.8 Å². The molecule has 26 heavy (non-hydrogen) atoms. The minimum atomic E-state index is -0.0187. The Kier molecular flexibility index (Phi) is 7.18. The zero-order chi connectivity index (χ0) is 18.2. The van der Waals surface area contributed by atoms with E-state index in [1.54, 1.807) is 0 Å². The van der Waals surface area contributed by atoms with Crippen molar-refractivity contribution in [3.63, 3.8) is 0 Å². The summed E-state index contributed by atoms with van der Waals surface area (Å²) in [6.07, 6.45) is 8.24. The Balaban J connectivity index is 1.53. The lowest BCUT2D eigenvalue weighted by molar-refractivity contribution is 0.141. The number of amides is 2. The van der Waals surface area contributed by atoms with Crippen LogP contribution in [0.2, 0.25) is 0 Å². The molecule has 5 nitrogen and oxygen atoms in total. The van der Waals surface area contributed by atoms with Crippen LogP contribution < -0.4 is 15.4 Å². The molecule has 2 aliphatic heterocycles. The van der Waals surface area contributed by atoms with E-state index in [0.717, 1.165) is 44.7 Å². The molecule has 2 fully saturated rings. The highest BCUT2D eigenvalue weighted by Gasteiger charge is 2.26. The van der Waals surface area contributed by atoms with Crippen molar-refractivity contribution in [1.29, 1.82) is 0 Å². The first kappa shape index (κ1) is 19.0. The maximum absolute atomic E-state index is 11.2. The fraction of sp³-hybridized carbons (Fsp3) is 0.667. The van der Waals surface area contributed by atoms with Crippen LogP contribution in [0.3, 0.4) is 0 Å². The highest BCUT2D eigenvalue weighted by Crippen LogP contribution is 2.36. The lowest BCUT2D eigenvalue weighted by Crippen LogP contribution is -2.34. The van der Waals surface area contributed by atoms with Crippen LogP contribution in [0.5, 0.6) is 5.75 Å². The lowest BCUT2D eigenvalue weighted by Gasteiger charge is -2.36. The molecule has 0 radical (unpaired) electrons. The molecule has 5 heteroatoms. The molecule has 2 atom stereocenters. The molecule has 2 saturated heterocycles. The second-order valence-electron chi connectivity index (χ2n) is 7.48. The number of unbranched alkanes of at least 4 members (excludes halogenated alkanes) is 1. The second-order valence-corrected chi connectivity index (χ2v) is 7.48. The van der Waals surface area contributed by atoms with Gasteiger partial charge in [-0.3, -0.25) is 4.90 Å². The fourth-order valence-corrected chi connectivity index (χ4v) is 4.09. The Bertz CT molecular complexity index is 578. The predicted molar refractivity (Wildman–Crippen MR) is 105 cm³/mol. The number of hydrogen-bond donors (Lipinski definition) is 2. The van der Waals surface area contributed by atoms with Crippen LogP contribution in [0.1, 0.15) is 63.5 Å². The van der Waals surface area contributed by atoms with Crippen molar-refractivity contribution >= 4 is 6.03 Å². The van der Waals surface area contributed by atoms with Crippen molar-refractivity contribution in [2.45, 2.75) is 64.0 Å². The number of hydrogen-bond acceptors (Lipinski definition) is 3. The number of piperidine rings is 1. The van der Waals surface area contributed by atoms with Crippen LogP contribution in [0, 0.1) is 0 Å². The van der Waals surface area contributed by atoms with Crippen LogP contribution >= 0.6 is 0 Å². The summed E-state index contributed by atoms with van der Waals surface area (Å²) >= 11 is 0. The number of carbonyl (C=O) groups excluding carboxylic acids is 1. The van der Waals surface area contributed by atoms with Gasteiger partial charge in [0.2, 0.25) is 0 Å². The normalized spacial score (nSPS) is 23.5. The van der Waals surface area contributed by atoms with Gasteiger partial charge in [0.15, 0.2) is 0 Å². The molecule has 0 bridgehead atoms. The molecule has 2 amide bonds. The SMILES string of the molecule is CCCOc1ccccc1C1CCCCN1CCCCC1CNC(=O)N1. The van der Waals surface area contributed by atoms with Gasteiger partial charge < -0.3 is 15.4 Å². The molecule has 0 saturated carbocycles. The smallest absolute Gasteiger partial charge is 0.315 e. The van der Waals surface area contributed by atoms with E-state index in [2.05, 4.69) is 46.7 Å². The molecule has 0 aromatic heterocycles. The fourth-order valence-electron chi connectivity index (χ4n) is 4.09. The third kappa shape index (κ3) is 5.13. The topological polar surface area (TPSA) is 53.6 Å². The second kappa shape index (κ2) is 9.81. The van der Waals surface area contributed by atoms with E-state index in [-0.39, 0.29) is 6.03 Å². The molecular weight excluding hydrogens is 326 g/mol. The first-order valence-corrected chi connectivity index (χ1v) is 10.3. The first-order valence-electron chi connectivity index (χ1n) is 10.3. The van der Waals surface area contributed by atoms with E-state index < -0.39 is 0 Å². The summed E-state index contributed by atoms with van der Waals surface area (Å²) in [5.74, 6) is 1.06. The number of likely N-dealkylation sites (tertiary alicyclic amines) is 1. The van der Waals surface area contributed by atoms with Crippen LogP contribution in [0.25, 0.3) is 0 Å². The molecule has 2 unspecified atom stereocenters. The quantitative estimate of drug-likeness (QED) is 0.659. The summed E-state index contributed by atoms with van der Waals surface area (Å²) in [5, 5.41) is 5.81. The zero-order valence-electron chi connectivity index (χ0n) is 16.0. The Labute approximate surface area is 157 Å². The Morgan fingerprint density at radius 2 is 2.12 bits per heavy atom. The molecule has 144 valence electrons. The van der Waals surface area contributed by atoms with Gasteiger partial charge in [0.05, 0.1) is 6.61 Å². The third-order valence-electron chi connectivity index (χ3n) is 5.45. The number of benzene rings is 1. The number of para-hydroxylation sites is 1. The van der Waals surface area contributed by atoms with E-state index in [4.69, 9.17) is 4.74 Å². The Morgan fingerprint density at radius 1 is 1.23 bits per heavy atom. The van der Waals surface area contributed by atoms with Crippen molar-refractivity contribution in [3.8, 4) is 5.75 Å². The standard InChI is InChI=1S/C21H33N3O2/c1-2-15-26-20-12-4-3-10-18(20)19-11-6-8-14-24(19)13-7-5-9-17-16-22-21(25)23-17/h3-4,10,12,17,19H,2,5-9,11,13-16H2,1H3,(H2,22,23,25). The predicted octanol–water partition coefficient (Wildman–Crippen LogP) is 3.85. The molecule has 3 rings (SSSR count). The molecular formula is C21H33N3O2. The largest absolute Gasteiger partial charge is 0.493 e. The summed E-state index contributed by atoms with van der Waals surface area (Å²) in [4.78, 5) is 13.8. The van der Waals surface area contributed by atoms with Crippen molar-refractivity contribution in [3.05, 3.63) is 29.8 Å². The number of ether oxygens (including phenoxy) is 1. The van der Waals surface area contributed by atoms with Gasteiger partial charge in [-0.25, -0.2) is 4.79 Å².